The lowest BCUT2D eigenvalue weighted by Crippen LogP contribution is -2.34. The third-order valence-electron chi connectivity index (χ3n) is 2.79. The lowest BCUT2D eigenvalue weighted by atomic mass is 10.1. The number of carbonyl (C=O) groups is 1. The molecule has 4 unspecified atom stereocenters. The van der Waals surface area contributed by atoms with E-state index in [1.807, 2.05) is 13.8 Å². The van der Waals surface area contributed by atoms with E-state index >= 15 is 0 Å². The topological polar surface area (TPSA) is 74.2 Å². The molecule has 0 aliphatic carbocycles. The van der Waals surface area contributed by atoms with E-state index in [4.69, 9.17) is 4.74 Å². The van der Waals surface area contributed by atoms with Gasteiger partial charge in [0, 0.05) is 19.7 Å². The average molecular weight is 415 g/mol. The number of halogens is 2. The van der Waals surface area contributed by atoms with Crippen LogP contribution in [0.3, 0.4) is 0 Å². The predicted molar refractivity (Wildman–Crippen MR) is 88.8 cm³/mol. The van der Waals surface area contributed by atoms with Gasteiger partial charge in [0.2, 0.25) is 6.41 Å². The minimum atomic E-state index is -1.17. The quantitative estimate of drug-likeness (QED) is 0.311. The van der Waals surface area contributed by atoms with E-state index in [1.165, 1.54) is 6.08 Å². The van der Waals surface area contributed by atoms with Crippen LogP contribution in [0.15, 0.2) is 15.5 Å². The van der Waals surface area contributed by atoms with Gasteiger partial charge < -0.3 is 20.1 Å². The third-order valence-corrected chi connectivity index (χ3v) is 3.31. The number of hydrogen-bond donors (Lipinski definition) is 2. The Morgan fingerprint density at radius 2 is 2.24 bits per heavy atom. The summed E-state index contributed by atoms with van der Waals surface area (Å²) < 4.78 is 23.0. The van der Waals surface area contributed by atoms with Crippen LogP contribution in [0.25, 0.3) is 0 Å². The average Bonchev–Trinajstić information content (AvgIpc) is 2.87. The van der Waals surface area contributed by atoms with Gasteiger partial charge in [-0.2, -0.15) is 3.21 Å². The van der Waals surface area contributed by atoms with Gasteiger partial charge in [0.15, 0.2) is 6.23 Å². The molecule has 0 aromatic carbocycles. The zero-order chi connectivity index (χ0) is 16.4. The molecule has 0 bridgehead atoms. The number of amides is 1. The largest absolute Gasteiger partial charge is 0.391 e. The van der Waals surface area contributed by atoms with Crippen molar-refractivity contribution in [2.45, 2.75) is 51.8 Å². The molecule has 1 aliphatic rings. The zero-order valence-electron chi connectivity index (χ0n) is 12.7. The fourth-order valence-corrected chi connectivity index (χ4v) is 2.05. The lowest BCUT2D eigenvalue weighted by molar-refractivity contribution is -0.108. The number of carbonyl (C=O) groups excluding carboxylic acids is 1. The van der Waals surface area contributed by atoms with Crippen LogP contribution in [0.5, 0.6) is 0 Å². The summed E-state index contributed by atoms with van der Waals surface area (Å²) in [6, 6.07) is 0. The molecule has 1 rings (SSSR count). The van der Waals surface area contributed by atoms with Crippen molar-refractivity contribution in [2.24, 2.45) is 3.21 Å². The number of ether oxygens (including phenoxy) is 1. The molecule has 8 heteroatoms. The Morgan fingerprint density at radius 3 is 2.67 bits per heavy atom. The minimum absolute atomic E-state index is 0.167. The van der Waals surface area contributed by atoms with Gasteiger partial charge in [0.1, 0.15) is 12.0 Å². The maximum absolute atomic E-state index is 13.8. The summed E-state index contributed by atoms with van der Waals surface area (Å²) in [6.07, 6.45) is 0.652. The molecule has 1 heterocycles. The molecular weight excluding hydrogens is 392 g/mol. The maximum Gasteiger partial charge on any atom is 0.212 e. The Hall–Kier alpha value is -0.740. The van der Waals surface area contributed by atoms with Gasteiger partial charge in [-0.3, -0.25) is 4.79 Å². The highest BCUT2D eigenvalue weighted by Gasteiger charge is 2.39. The number of nitrogens with zero attached hydrogens (tertiary/aromatic N) is 2. The normalized spacial score (nSPS) is 27.0. The second kappa shape index (κ2) is 10.9. The van der Waals surface area contributed by atoms with Gasteiger partial charge in [0.25, 0.3) is 0 Å². The molecule has 122 valence electrons. The van der Waals surface area contributed by atoms with Crippen LogP contribution in [0.1, 0.15) is 27.2 Å². The van der Waals surface area contributed by atoms with Crippen molar-refractivity contribution >= 4 is 35.1 Å². The number of rotatable bonds is 5. The van der Waals surface area contributed by atoms with Crippen molar-refractivity contribution in [3.05, 3.63) is 12.3 Å². The zero-order valence-corrected chi connectivity index (χ0v) is 14.8. The Morgan fingerprint density at radius 1 is 1.62 bits per heavy atom. The molecule has 21 heavy (non-hydrogen) atoms. The highest BCUT2D eigenvalue weighted by Crippen LogP contribution is 2.27. The molecular formula is C13H23FIN3O3. The SMILES string of the molecule is CC.CC(O)C1CC(F)C(N(C)/C=C\C(=N/I)NC=O)O1. The standard InChI is InChI=1S/C11H17FIN3O3.C2H6/c1-7(18)9-5-8(12)11(19-9)16(2)4-3-10(15-13)14-6-17;1-2/h3-4,6-9,11,18H,5H2,1-2H3,(H,14,15,17);1-2H3/b4-3-;. The summed E-state index contributed by atoms with van der Waals surface area (Å²) in [6.45, 7) is 5.57. The molecule has 1 fully saturated rings. The van der Waals surface area contributed by atoms with E-state index in [9.17, 15) is 14.3 Å². The number of nitrogens with one attached hydrogen (secondary N) is 1. The molecule has 0 aromatic heterocycles. The number of hydrogen-bond acceptors (Lipinski definition) is 5. The fraction of sp³-hybridized carbons (Fsp3) is 0.692. The van der Waals surface area contributed by atoms with E-state index in [1.54, 1.807) is 47.9 Å². The molecule has 0 radical (unpaired) electrons. The molecule has 4 atom stereocenters. The van der Waals surface area contributed by atoms with Gasteiger partial charge in [0.05, 0.1) is 35.1 Å². The third kappa shape index (κ3) is 6.70. The number of alkyl halides is 1. The van der Waals surface area contributed by atoms with Gasteiger partial charge in [-0.25, -0.2) is 4.39 Å². The maximum atomic E-state index is 13.8. The molecule has 0 spiro atoms. The van der Waals surface area contributed by atoms with Gasteiger partial charge >= 0.3 is 0 Å². The van der Waals surface area contributed by atoms with Crippen LogP contribution >= 0.6 is 22.9 Å². The molecule has 0 aromatic rings. The highest BCUT2D eigenvalue weighted by molar-refractivity contribution is 14.1. The highest BCUT2D eigenvalue weighted by atomic mass is 127. The number of aliphatic hydroxyl groups excluding tert-OH is 1. The van der Waals surface area contributed by atoms with Crippen molar-refractivity contribution in [1.29, 1.82) is 0 Å². The van der Waals surface area contributed by atoms with Crippen LogP contribution in [-0.4, -0.2) is 53.9 Å². The Labute approximate surface area is 138 Å². The minimum Gasteiger partial charge on any atom is -0.391 e. The van der Waals surface area contributed by atoms with E-state index < -0.39 is 24.6 Å². The van der Waals surface area contributed by atoms with Crippen molar-refractivity contribution < 1.29 is 19.0 Å². The number of amidine groups is 1. The first kappa shape index (κ1) is 20.3. The summed E-state index contributed by atoms with van der Waals surface area (Å²) in [5.41, 5.74) is 0. The molecule has 1 saturated heterocycles. The smallest absolute Gasteiger partial charge is 0.212 e. The summed E-state index contributed by atoms with van der Waals surface area (Å²) in [5, 5.41) is 11.8. The van der Waals surface area contributed by atoms with Crippen molar-refractivity contribution in [2.75, 3.05) is 7.05 Å². The Bertz CT molecular complexity index is 367. The van der Waals surface area contributed by atoms with E-state index in [-0.39, 0.29) is 6.42 Å². The molecule has 2 N–H and O–H groups in total. The molecule has 6 nitrogen and oxygen atoms in total. The van der Waals surface area contributed by atoms with Gasteiger partial charge in [-0.05, 0) is 13.0 Å². The summed E-state index contributed by atoms with van der Waals surface area (Å²) in [5.74, 6) is 0.350. The number of aliphatic hydroxyl groups is 1. The van der Waals surface area contributed by atoms with Crippen LogP contribution in [0, 0.1) is 0 Å². The summed E-state index contributed by atoms with van der Waals surface area (Å²) >= 11 is 1.74. The monoisotopic (exact) mass is 415 g/mol. The second-order valence-electron chi connectivity index (χ2n) is 4.27. The van der Waals surface area contributed by atoms with Crippen molar-refractivity contribution in [3.63, 3.8) is 0 Å². The summed E-state index contributed by atoms with van der Waals surface area (Å²) in [4.78, 5) is 11.8. The van der Waals surface area contributed by atoms with Gasteiger partial charge in [-0.15, -0.1) is 0 Å². The van der Waals surface area contributed by atoms with Crippen LogP contribution in [0.4, 0.5) is 4.39 Å². The van der Waals surface area contributed by atoms with Gasteiger partial charge in [-0.1, -0.05) is 13.8 Å². The van der Waals surface area contributed by atoms with Crippen LogP contribution in [-0.2, 0) is 9.53 Å². The van der Waals surface area contributed by atoms with Crippen molar-refractivity contribution in [1.82, 2.24) is 10.2 Å². The van der Waals surface area contributed by atoms with E-state index in [0.717, 1.165) is 0 Å². The lowest BCUT2D eigenvalue weighted by Gasteiger charge is -2.24. The Kier molecular flexibility index (Phi) is 10.5. The second-order valence-corrected chi connectivity index (χ2v) is 4.75. The van der Waals surface area contributed by atoms with Crippen LogP contribution < -0.4 is 5.32 Å². The summed E-state index contributed by atoms with van der Waals surface area (Å²) in [7, 11) is 1.66. The first-order valence-electron chi connectivity index (χ1n) is 6.76. The molecule has 1 amide bonds. The molecule has 1 aliphatic heterocycles. The molecule has 0 saturated carbocycles. The van der Waals surface area contributed by atoms with E-state index in [0.29, 0.717) is 12.2 Å². The first-order chi connectivity index (χ1) is 9.99. The van der Waals surface area contributed by atoms with Crippen LogP contribution in [0.2, 0.25) is 0 Å². The predicted octanol–water partition coefficient (Wildman–Crippen LogP) is 1.79. The fourth-order valence-electron chi connectivity index (χ4n) is 1.75. The van der Waals surface area contributed by atoms with E-state index in [2.05, 4.69) is 8.52 Å². The Balaban J connectivity index is 0.00000191. The first-order valence-corrected chi connectivity index (χ1v) is 7.73. The van der Waals surface area contributed by atoms with Crippen molar-refractivity contribution in [3.8, 4) is 0 Å².